The molecular formula is C61H71N7O9S. The molecule has 3 aliphatic rings. The molecule has 6 aromatic rings. The molecule has 0 aliphatic carbocycles. The summed E-state index contributed by atoms with van der Waals surface area (Å²) in [6.45, 7) is 18.2. The fourth-order valence-corrected chi connectivity index (χ4v) is 12.0. The first-order chi connectivity index (χ1) is 37.5. The standard InChI is InChI=1S/C61H71N7O9S/c1-9-66(46-20-22-75-23-21-46)52-28-44(11-10-36(52)4)43-17-19-54(50(27-43)57(70)62-31-51-37(5)26-38(6)64-58(51)71)77-25-24-76-48-18-16-45-32-68(60(73)49(45)30-48)55(35(2)3)61(74)67-33-47(69)29-53(67)59(72)65-39(7)41-12-14-42(15-13-41)56-40(8)63-34-78-56/h10-19,26-28,30,34-35,39,46-47,53,55,69H,9,20-25,29,31-33H2,1-8H3,(H,62,70)(H,64,71)(H,65,72)/t39-,47+,53-,55?/m0/s1. The van der Waals surface area contributed by atoms with Gasteiger partial charge in [0.1, 0.15) is 36.8 Å². The van der Waals surface area contributed by atoms with E-state index in [0.717, 1.165) is 93.5 Å². The fraction of sp³-hybridized carbons (Fsp3) is 0.410. The Morgan fingerprint density at radius 2 is 1.60 bits per heavy atom. The Balaban J connectivity index is 0.862. The van der Waals surface area contributed by atoms with Crippen LogP contribution in [-0.2, 0) is 27.4 Å². The van der Waals surface area contributed by atoms with Gasteiger partial charge in [-0.25, -0.2) is 4.98 Å². The summed E-state index contributed by atoms with van der Waals surface area (Å²) in [6, 6.07) is 25.1. The molecule has 410 valence electrons. The van der Waals surface area contributed by atoms with Gasteiger partial charge < -0.3 is 49.6 Å². The number of hydrogen-bond acceptors (Lipinski definition) is 12. The van der Waals surface area contributed by atoms with Crippen molar-refractivity contribution in [3.63, 3.8) is 0 Å². The van der Waals surface area contributed by atoms with Crippen molar-refractivity contribution in [1.82, 2.24) is 30.4 Å². The lowest BCUT2D eigenvalue weighted by atomic mass is 9.98. The third kappa shape index (κ3) is 12.0. The van der Waals surface area contributed by atoms with Gasteiger partial charge in [0.05, 0.1) is 33.8 Å². The highest BCUT2D eigenvalue weighted by Crippen LogP contribution is 2.36. The molecule has 4 amide bonds. The highest BCUT2D eigenvalue weighted by molar-refractivity contribution is 7.13. The molecule has 5 heterocycles. The first-order valence-electron chi connectivity index (χ1n) is 27.0. The van der Waals surface area contributed by atoms with Crippen molar-refractivity contribution in [3.8, 4) is 33.1 Å². The molecule has 1 unspecified atom stereocenters. The van der Waals surface area contributed by atoms with Crippen molar-refractivity contribution in [2.75, 3.05) is 44.4 Å². The van der Waals surface area contributed by atoms with E-state index in [1.165, 1.54) is 4.90 Å². The van der Waals surface area contributed by atoms with E-state index >= 15 is 0 Å². The van der Waals surface area contributed by atoms with Gasteiger partial charge >= 0.3 is 0 Å². The van der Waals surface area contributed by atoms with Gasteiger partial charge in [0.15, 0.2) is 0 Å². The maximum atomic E-state index is 14.6. The summed E-state index contributed by atoms with van der Waals surface area (Å²) in [5.74, 6) is -1.08. The van der Waals surface area contributed by atoms with Crippen LogP contribution >= 0.6 is 11.3 Å². The zero-order valence-electron chi connectivity index (χ0n) is 45.8. The SMILES string of the molecule is CCN(c1cc(-c2ccc(OCCOc3ccc4c(c3)C(=O)N(C(C(=O)N3C[C@H](O)C[C@H]3C(=O)N[C@@H](C)c3ccc(-c5scnc5C)cc3)C(C)C)C4)c(C(=O)NCc3c(C)cc(C)[nH]c3=O)c2)ccc1C)C1CCOCC1. The van der Waals surface area contributed by atoms with Crippen LogP contribution in [0.15, 0.2) is 95.2 Å². The number of aromatic amines is 1. The van der Waals surface area contributed by atoms with Gasteiger partial charge in [-0.15, -0.1) is 11.3 Å². The molecule has 2 fully saturated rings. The Morgan fingerprint density at radius 3 is 2.31 bits per heavy atom. The Kier molecular flexibility index (Phi) is 17.1. The number of nitrogens with zero attached hydrogens (tertiary/aromatic N) is 4. The van der Waals surface area contributed by atoms with E-state index in [2.05, 4.69) is 57.5 Å². The van der Waals surface area contributed by atoms with Gasteiger partial charge in [-0.2, -0.15) is 0 Å². The molecule has 2 aromatic heterocycles. The van der Waals surface area contributed by atoms with Gasteiger partial charge in [0, 0.05) is 74.4 Å². The van der Waals surface area contributed by atoms with E-state index in [4.69, 9.17) is 14.2 Å². The van der Waals surface area contributed by atoms with E-state index in [-0.39, 0.29) is 68.6 Å². The van der Waals surface area contributed by atoms with Crippen molar-refractivity contribution < 1.29 is 38.5 Å². The van der Waals surface area contributed by atoms with E-state index in [1.54, 1.807) is 34.4 Å². The van der Waals surface area contributed by atoms with Crippen LogP contribution in [0.1, 0.15) is 113 Å². The second kappa shape index (κ2) is 24.1. The summed E-state index contributed by atoms with van der Waals surface area (Å²) in [4.78, 5) is 83.6. The topological polar surface area (TPSA) is 196 Å². The van der Waals surface area contributed by atoms with Crippen LogP contribution < -0.4 is 30.6 Å². The average Bonchev–Trinajstić information content (AvgIpc) is 4.19. The summed E-state index contributed by atoms with van der Waals surface area (Å²) >= 11 is 1.57. The smallest absolute Gasteiger partial charge is 0.255 e. The van der Waals surface area contributed by atoms with E-state index in [1.807, 2.05) is 95.6 Å². The number of β-amino-alcohol motifs (C(OH)–C–C–N with tert-alkyl or cyclic N) is 1. The number of pyridine rings is 1. The number of anilines is 1. The number of H-pyrrole nitrogens is 1. The number of aryl methyl sites for hydroxylation is 4. The molecule has 16 nitrogen and oxygen atoms in total. The third-order valence-electron chi connectivity index (χ3n) is 15.4. The second-order valence-electron chi connectivity index (χ2n) is 21.1. The van der Waals surface area contributed by atoms with Gasteiger partial charge in [-0.1, -0.05) is 62.4 Å². The number of ether oxygens (including phenoxy) is 3. The van der Waals surface area contributed by atoms with Crippen LogP contribution in [0, 0.1) is 33.6 Å². The normalized spacial score (nSPS) is 17.2. The molecule has 78 heavy (non-hydrogen) atoms. The van der Waals surface area contributed by atoms with E-state index in [0.29, 0.717) is 34.2 Å². The first kappa shape index (κ1) is 55.4. The zero-order chi connectivity index (χ0) is 55.4. The second-order valence-corrected chi connectivity index (χ2v) is 22.0. The maximum Gasteiger partial charge on any atom is 0.255 e. The number of aliphatic hydroxyl groups excluding tert-OH is 1. The van der Waals surface area contributed by atoms with E-state index < -0.39 is 30.0 Å². The number of carbonyl (C=O) groups excluding carboxylic acids is 4. The molecule has 17 heteroatoms. The van der Waals surface area contributed by atoms with Gasteiger partial charge in [0.25, 0.3) is 17.4 Å². The number of amides is 4. The summed E-state index contributed by atoms with van der Waals surface area (Å²) in [5, 5.41) is 16.9. The van der Waals surface area contributed by atoms with Gasteiger partial charge in [-0.05, 0) is 136 Å². The first-order valence-corrected chi connectivity index (χ1v) is 27.9. The minimum atomic E-state index is -0.921. The summed E-state index contributed by atoms with van der Waals surface area (Å²) < 4.78 is 18.1. The molecule has 4 atom stereocenters. The molecule has 2 saturated heterocycles. The number of likely N-dealkylation sites (tertiary alicyclic amines) is 1. The number of carbonyl (C=O) groups is 4. The number of hydrogen-bond donors (Lipinski definition) is 4. The van der Waals surface area contributed by atoms with Gasteiger partial charge in [-0.3, -0.25) is 24.0 Å². The van der Waals surface area contributed by atoms with Crippen molar-refractivity contribution in [2.24, 2.45) is 5.92 Å². The van der Waals surface area contributed by atoms with Crippen molar-refractivity contribution in [2.45, 2.75) is 118 Å². The van der Waals surface area contributed by atoms with Crippen LogP contribution in [0.25, 0.3) is 21.6 Å². The number of rotatable bonds is 19. The molecule has 0 radical (unpaired) electrons. The van der Waals surface area contributed by atoms with Crippen LogP contribution in [0.2, 0.25) is 0 Å². The minimum Gasteiger partial charge on any atom is -0.490 e. The Bertz CT molecular complexity index is 3240. The maximum absolute atomic E-state index is 14.6. The Hall–Kier alpha value is -7.34. The number of aromatic nitrogens is 2. The summed E-state index contributed by atoms with van der Waals surface area (Å²) in [6.07, 6.45) is 1.08. The molecule has 0 bridgehead atoms. The zero-order valence-corrected chi connectivity index (χ0v) is 46.6. The molecular weight excluding hydrogens is 1010 g/mol. The average molecular weight is 1080 g/mol. The lowest BCUT2D eigenvalue weighted by Gasteiger charge is -2.36. The monoisotopic (exact) mass is 1080 g/mol. The number of thiazole rings is 1. The molecule has 4 N–H and O–H groups in total. The number of benzene rings is 4. The van der Waals surface area contributed by atoms with Crippen LogP contribution in [0.5, 0.6) is 11.5 Å². The lowest BCUT2D eigenvalue weighted by molar-refractivity contribution is -0.143. The predicted molar refractivity (Wildman–Crippen MR) is 302 cm³/mol. The van der Waals surface area contributed by atoms with Crippen LogP contribution in [0.3, 0.4) is 0 Å². The largest absolute Gasteiger partial charge is 0.490 e. The van der Waals surface area contributed by atoms with Crippen LogP contribution in [0.4, 0.5) is 5.69 Å². The summed E-state index contributed by atoms with van der Waals surface area (Å²) in [7, 11) is 0. The molecule has 3 aliphatic heterocycles. The minimum absolute atomic E-state index is 0.0167. The highest BCUT2D eigenvalue weighted by Gasteiger charge is 2.46. The molecule has 4 aromatic carbocycles. The van der Waals surface area contributed by atoms with E-state index in [9.17, 15) is 29.1 Å². The lowest BCUT2D eigenvalue weighted by Crippen LogP contribution is -2.55. The summed E-state index contributed by atoms with van der Waals surface area (Å²) in [5.41, 5.74) is 11.9. The van der Waals surface area contributed by atoms with Crippen molar-refractivity contribution in [3.05, 3.63) is 151 Å². The van der Waals surface area contributed by atoms with Crippen molar-refractivity contribution >= 4 is 40.7 Å². The van der Waals surface area contributed by atoms with Crippen LogP contribution in [-0.4, -0.2) is 112 Å². The Morgan fingerprint density at radius 1 is 0.885 bits per heavy atom. The highest BCUT2D eigenvalue weighted by atomic mass is 32.1. The third-order valence-corrected chi connectivity index (χ3v) is 16.3. The quantitative estimate of drug-likeness (QED) is 0.0567. The predicted octanol–water partition coefficient (Wildman–Crippen LogP) is 8.61. The number of nitrogens with one attached hydrogen (secondary N) is 3. The molecule has 0 saturated carbocycles. The molecule has 0 spiro atoms. The van der Waals surface area contributed by atoms with Gasteiger partial charge in [0.2, 0.25) is 11.8 Å². The Labute approximate surface area is 460 Å². The number of fused-ring (bicyclic) bond motifs is 1. The molecule has 9 rings (SSSR count). The van der Waals surface area contributed by atoms with Crippen molar-refractivity contribution in [1.29, 1.82) is 0 Å². The number of aliphatic hydroxyl groups is 1. The fourth-order valence-electron chi connectivity index (χ4n) is 11.2.